The maximum absolute atomic E-state index is 5.59. The van der Waals surface area contributed by atoms with Crippen LogP contribution >= 0.6 is 0 Å². The summed E-state index contributed by atoms with van der Waals surface area (Å²) in [7, 11) is 1.59. The summed E-state index contributed by atoms with van der Waals surface area (Å²) in [5.74, 6) is 0.602. The number of hydrogen-bond acceptors (Lipinski definition) is 3. The molecule has 0 aliphatic rings. The Labute approximate surface area is 69.3 Å². The topological polar surface area (TPSA) is 63.9 Å². The summed E-state index contributed by atoms with van der Waals surface area (Å²) in [4.78, 5) is 0. The number of anilines is 1. The minimum Gasteiger partial charge on any atom is -0.480 e. The molecule has 0 bridgehead atoms. The van der Waals surface area contributed by atoms with Gasteiger partial charge >= 0.3 is 0 Å². The van der Waals surface area contributed by atoms with E-state index < -0.39 is 0 Å². The Kier molecular flexibility index (Phi) is 1.40. The number of aromatic nitrogens is 2. The van der Waals surface area contributed by atoms with Crippen LogP contribution in [0.3, 0.4) is 0 Å². The van der Waals surface area contributed by atoms with E-state index in [2.05, 4.69) is 10.2 Å². The van der Waals surface area contributed by atoms with E-state index in [1.54, 1.807) is 7.11 Å². The highest BCUT2D eigenvalue weighted by Gasteiger charge is 2.03. The van der Waals surface area contributed by atoms with Gasteiger partial charge in [0.15, 0.2) is 0 Å². The Morgan fingerprint density at radius 3 is 3.08 bits per heavy atom. The lowest BCUT2D eigenvalue weighted by atomic mass is 10.2. The smallest absolute Gasteiger partial charge is 0.240 e. The predicted octanol–water partition coefficient (Wildman–Crippen LogP) is 1.15. The molecule has 0 radical (unpaired) electrons. The lowest BCUT2D eigenvalue weighted by molar-refractivity contribution is 0.401. The van der Waals surface area contributed by atoms with Crippen LogP contribution in [-0.4, -0.2) is 17.3 Å². The third-order valence-corrected chi connectivity index (χ3v) is 1.75. The van der Waals surface area contributed by atoms with Gasteiger partial charge in [0, 0.05) is 5.69 Å². The number of nitrogen functional groups attached to an aromatic ring is 1. The Morgan fingerprint density at radius 2 is 2.33 bits per heavy atom. The molecule has 0 amide bonds. The second kappa shape index (κ2) is 2.41. The fourth-order valence-electron chi connectivity index (χ4n) is 1.17. The summed E-state index contributed by atoms with van der Waals surface area (Å²) in [6.07, 6.45) is 0. The van der Waals surface area contributed by atoms with Crippen LogP contribution in [0.15, 0.2) is 18.2 Å². The van der Waals surface area contributed by atoms with Gasteiger partial charge in [-0.15, -0.1) is 5.10 Å². The van der Waals surface area contributed by atoms with Crippen molar-refractivity contribution in [2.45, 2.75) is 0 Å². The zero-order valence-corrected chi connectivity index (χ0v) is 6.66. The first-order valence-corrected chi connectivity index (χ1v) is 3.59. The Balaban J connectivity index is 2.73. The number of nitrogens with two attached hydrogens (primary N) is 1. The van der Waals surface area contributed by atoms with Gasteiger partial charge in [-0.3, -0.25) is 5.10 Å². The monoisotopic (exact) mass is 163 g/mol. The van der Waals surface area contributed by atoms with Crippen LogP contribution in [0.4, 0.5) is 5.69 Å². The standard InChI is InChI=1S/C8H9N3O/c1-12-8-6-3-2-5(9)4-7(6)10-11-8/h2-4H,9H2,1H3,(H,10,11). The van der Waals surface area contributed by atoms with E-state index in [1.807, 2.05) is 18.2 Å². The van der Waals surface area contributed by atoms with E-state index in [1.165, 1.54) is 0 Å². The van der Waals surface area contributed by atoms with E-state index in [9.17, 15) is 0 Å². The first-order valence-electron chi connectivity index (χ1n) is 3.59. The molecule has 4 nitrogen and oxygen atoms in total. The molecule has 0 fully saturated rings. The average Bonchev–Trinajstić information content (AvgIpc) is 2.46. The summed E-state index contributed by atoms with van der Waals surface area (Å²) in [5.41, 5.74) is 7.20. The van der Waals surface area contributed by atoms with Crippen LogP contribution < -0.4 is 10.5 Å². The van der Waals surface area contributed by atoms with Crippen LogP contribution in [0.5, 0.6) is 5.88 Å². The van der Waals surface area contributed by atoms with E-state index in [-0.39, 0.29) is 0 Å². The van der Waals surface area contributed by atoms with Gasteiger partial charge in [-0.05, 0) is 18.2 Å². The van der Waals surface area contributed by atoms with E-state index in [0.29, 0.717) is 11.6 Å². The lowest BCUT2D eigenvalue weighted by Crippen LogP contribution is -1.83. The highest BCUT2D eigenvalue weighted by atomic mass is 16.5. The van der Waals surface area contributed by atoms with E-state index in [0.717, 1.165) is 10.9 Å². The molecule has 0 spiro atoms. The summed E-state index contributed by atoms with van der Waals surface area (Å²) < 4.78 is 5.02. The number of ether oxygens (including phenoxy) is 1. The van der Waals surface area contributed by atoms with Crippen LogP contribution in [0.2, 0.25) is 0 Å². The van der Waals surface area contributed by atoms with Crippen molar-refractivity contribution in [1.82, 2.24) is 10.2 Å². The van der Waals surface area contributed by atoms with Crippen LogP contribution in [0.1, 0.15) is 0 Å². The molecular weight excluding hydrogens is 154 g/mol. The molecule has 1 heterocycles. The minimum absolute atomic E-state index is 0.602. The van der Waals surface area contributed by atoms with Gasteiger partial charge in [0.25, 0.3) is 0 Å². The van der Waals surface area contributed by atoms with Crippen LogP contribution in [-0.2, 0) is 0 Å². The molecule has 4 heteroatoms. The number of nitrogens with one attached hydrogen (secondary N) is 1. The number of rotatable bonds is 1. The molecule has 0 unspecified atom stereocenters. The summed E-state index contributed by atoms with van der Waals surface area (Å²) in [5, 5.41) is 7.73. The second-order valence-corrected chi connectivity index (χ2v) is 2.54. The zero-order chi connectivity index (χ0) is 8.55. The van der Waals surface area contributed by atoms with Crippen molar-refractivity contribution in [3.8, 4) is 5.88 Å². The van der Waals surface area contributed by atoms with Crippen molar-refractivity contribution in [2.75, 3.05) is 12.8 Å². The molecule has 3 N–H and O–H groups in total. The average molecular weight is 163 g/mol. The van der Waals surface area contributed by atoms with Gasteiger partial charge in [0.05, 0.1) is 18.0 Å². The number of fused-ring (bicyclic) bond motifs is 1. The SMILES string of the molecule is COc1n[nH]c2cc(N)ccc12. The minimum atomic E-state index is 0.602. The van der Waals surface area contributed by atoms with Crippen molar-refractivity contribution in [3.05, 3.63) is 18.2 Å². The van der Waals surface area contributed by atoms with Gasteiger partial charge in [-0.1, -0.05) is 0 Å². The molecule has 0 saturated heterocycles. The third kappa shape index (κ3) is 0.887. The lowest BCUT2D eigenvalue weighted by Gasteiger charge is -1.94. The van der Waals surface area contributed by atoms with Crippen molar-refractivity contribution >= 4 is 16.6 Å². The number of benzene rings is 1. The van der Waals surface area contributed by atoms with Gasteiger partial charge in [0.1, 0.15) is 0 Å². The first kappa shape index (κ1) is 6.97. The zero-order valence-electron chi connectivity index (χ0n) is 6.66. The fraction of sp³-hybridized carbons (Fsp3) is 0.125. The highest BCUT2D eigenvalue weighted by Crippen LogP contribution is 2.23. The first-order chi connectivity index (χ1) is 5.81. The number of hydrogen-bond donors (Lipinski definition) is 2. The molecule has 0 aliphatic heterocycles. The maximum atomic E-state index is 5.59. The largest absolute Gasteiger partial charge is 0.480 e. The van der Waals surface area contributed by atoms with Crippen LogP contribution in [0.25, 0.3) is 10.9 Å². The molecule has 0 aliphatic carbocycles. The fourth-order valence-corrected chi connectivity index (χ4v) is 1.17. The van der Waals surface area contributed by atoms with Gasteiger partial charge in [-0.25, -0.2) is 0 Å². The van der Waals surface area contributed by atoms with Gasteiger partial charge in [0.2, 0.25) is 5.88 Å². The number of aromatic amines is 1. The molecule has 12 heavy (non-hydrogen) atoms. The van der Waals surface area contributed by atoms with Gasteiger partial charge < -0.3 is 10.5 Å². The maximum Gasteiger partial charge on any atom is 0.240 e. The highest BCUT2D eigenvalue weighted by molar-refractivity contribution is 5.86. The molecule has 1 aromatic heterocycles. The molecule has 62 valence electrons. The molecule has 1 aromatic carbocycles. The molecule has 0 atom stereocenters. The van der Waals surface area contributed by atoms with Gasteiger partial charge in [-0.2, -0.15) is 0 Å². The molecule has 0 saturated carbocycles. The molecule has 2 aromatic rings. The molecular formula is C8H9N3O. The number of H-pyrrole nitrogens is 1. The van der Waals surface area contributed by atoms with E-state index in [4.69, 9.17) is 10.5 Å². The Bertz CT molecular complexity index is 408. The molecule has 2 rings (SSSR count). The predicted molar refractivity (Wildman–Crippen MR) is 47.1 cm³/mol. The normalized spacial score (nSPS) is 10.4. The Morgan fingerprint density at radius 1 is 1.50 bits per heavy atom. The van der Waals surface area contributed by atoms with Crippen molar-refractivity contribution < 1.29 is 4.74 Å². The van der Waals surface area contributed by atoms with Crippen molar-refractivity contribution in [3.63, 3.8) is 0 Å². The number of nitrogens with zero attached hydrogens (tertiary/aromatic N) is 1. The third-order valence-electron chi connectivity index (χ3n) is 1.75. The van der Waals surface area contributed by atoms with E-state index >= 15 is 0 Å². The summed E-state index contributed by atoms with van der Waals surface area (Å²) in [6.45, 7) is 0. The quantitative estimate of drug-likeness (QED) is 0.620. The Hall–Kier alpha value is -1.71. The van der Waals surface area contributed by atoms with Crippen molar-refractivity contribution in [1.29, 1.82) is 0 Å². The second-order valence-electron chi connectivity index (χ2n) is 2.54. The van der Waals surface area contributed by atoms with Crippen LogP contribution in [0, 0.1) is 0 Å². The number of methoxy groups -OCH3 is 1. The summed E-state index contributed by atoms with van der Waals surface area (Å²) in [6, 6.07) is 5.53. The van der Waals surface area contributed by atoms with Crippen molar-refractivity contribution in [2.24, 2.45) is 0 Å². The summed E-state index contributed by atoms with van der Waals surface area (Å²) >= 11 is 0.